The fourth-order valence-electron chi connectivity index (χ4n) is 0.935. The van der Waals surface area contributed by atoms with Gasteiger partial charge in [0.25, 0.3) is 0 Å². The van der Waals surface area contributed by atoms with Gasteiger partial charge in [-0.05, 0) is 35.1 Å². The summed E-state index contributed by atoms with van der Waals surface area (Å²) in [6, 6.07) is 0. The minimum absolute atomic E-state index is 0.269. The van der Waals surface area contributed by atoms with Crippen LogP contribution in [0.3, 0.4) is 0 Å². The van der Waals surface area contributed by atoms with E-state index in [9.17, 15) is 13.2 Å². The summed E-state index contributed by atoms with van der Waals surface area (Å²) in [5.74, 6) is -0.394. The smallest absolute Gasteiger partial charge is 0.388 e. The number of aromatic nitrogens is 1. The molecule has 0 spiro atoms. The zero-order valence-corrected chi connectivity index (χ0v) is 11.3. The van der Waals surface area contributed by atoms with Gasteiger partial charge in [-0.25, -0.2) is 4.98 Å². The normalized spacial score (nSPS) is 11.6. The molecule has 0 bridgehead atoms. The summed E-state index contributed by atoms with van der Waals surface area (Å²) in [6.07, 6.45) is -3.35. The number of alkyl halides is 4. The minimum atomic E-state index is -4.71. The van der Waals surface area contributed by atoms with Gasteiger partial charge in [0.15, 0.2) is 0 Å². The third kappa shape index (κ3) is 3.47. The van der Waals surface area contributed by atoms with Crippen molar-refractivity contribution in [3.63, 3.8) is 0 Å². The molecule has 0 aromatic carbocycles. The number of nitrogens with zero attached hydrogens (tertiary/aromatic N) is 1. The third-order valence-electron chi connectivity index (χ3n) is 1.59. The summed E-state index contributed by atoms with van der Waals surface area (Å²) in [5, 5.41) is 0.269. The van der Waals surface area contributed by atoms with Crippen molar-refractivity contribution >= 4 is 38.5 Å². The molecule has 0 radical (unpaired) electrons. The fourth-order valence-corrected chi connectivity index (χ4v) is 2.54. The predicted molar refractivity (Wildman–Crippen MR) is 61.0 cm³/mol. The molecule has 1 aromatic rings. The summed E-state index contributed by atoms with van der Waals surface area (Å²) in [5.41, 5.74) is 1.23. The molecule has 2 nitrogen and oxygen atoms in total. The molecule has 1 rings (SSSR count). The van der Waals surface area contributed by atoms with Gasteiger partial charge in [-0.2, -0.15) is 0 Å². The largest absolute Gasteiger partial charge is 0.574 e. The van der Waals surface area contributed by atoms with Gasteiger partial charge >= 0.3 is 6.36 Å². The van der Waals surface area contributed by atoms with E-state index < -0.39 is 12.2 Å². The van der Waals surface area contributed by atoms with Crippen LogP contribution >= 0.6 is 38.5 Å². The fraction of sp³-hybridized carbons (Fsp3) is 0.375. The van der Waals surface area contributed by atoms with Gasteiger partial charge < -0.3 is 4.74 Å². The monoisotopic (exact) mass is 395 g/mol. The molecule has 0 saturated heterocycles. The summed E-state index contributed by atoms with van der Waals surface area (Å²) < 4.78 is 40.6. The van der Waals surface area contributed by atoms with Crippen LogP contribution in [0.15, 0.2) is 6.20 Å². The Morgan fingerprint density at radius 2 is 2.13 bits per heavy atom. The first-order chi connectivity index (χ1) is 6.85. The zero-order chi connectivity index (χ0) is 11.6. The molecule has 0 atom stereocenters. The van der Waals surface area contributed by atoms with Crippen LogP contribution in [0.4, 0.5) is 13.2 Å². The Labute approximate surface area is 106 Å². The molecule has 15 heavy (non-hydrogen) atoms. The number of rotatable bonds is 2. The van der Waals surface area contributed by atoms with Gasteiger partial charge in [-0.1, -0.05) is 15.9 Å². The molecule has 0 aliphatic rings. The van der Waals surface area contributed by atoms with Crippen LogP contribution in [0.5, 0.6) is 5.88 Å². The number of ether oxygens (including phenoxy) is 1. The predicted octanol–water partition coefficient (Wildman–Crippen LogP) is 3.79. The van der Waals surface area contributed by atoms with Crippen molar-refractivity contribution < 1.29 is 17.9 Å². The van der Waals surface area contributed by atoms with Crippen LogP contribution in [0.1, 0.15) is 11.1 Å². The summed E-state index contributed by atoms with van der Waals surface area (Å²) in [4.78, 5) is 3.62. The molecular weight excluding hydrogens is 390 g/mol. The molecule has 0 aliphatic carbocycles. The summed E-state index contributed by atoms with van der Waals surface area (Å²) in [7, 11) is 0. The molecule has 0 fully saturated rings. The van der Waals surface area contributed by atoms with Crippen molar-refractivity contribution in [3.05, 3.63) is 20.9 Å². The first-order valence-corrected chi connectivity index (χ1v) is 6.01. The second-order valence-corrected chi connectivity index (χ2v) is 4.36. The maximum absolute atomic E-state index is 12.0. The van der Waals surface area contributed by atoms with E-state index in [-0.39, 0.29) is 5.33 Å². The summed E-state index contributed by atoms with van der Waals surface area (Å²) in [6.45, 7) is 1.78. The minimum Gasteiger partial charge on any atom is -0.388 e. The maximum Gasteiger partial charge on any atom is 0.574 e. The van der Waals surface area contributed by atoms with Gasteiger partial charge in [0.1, 0.15) is 0 Å². The quantitative estimate of drug-likeness (QED) is 0.561. The second kappa shape index (κ2) is 4.86. The van der Waals surface area contributed by atoms with E-state index in [0.717, 1.165) is 9.13 Å². The van der Waals surface area contributed by atoms with E-state index in [1.807, 2.05) is 22.6 Å². The number of halogens is 5. The SMILES string of the molecule is Cc1cnc(OC(F)(F)F)c(CBr)c1I. The van der Waals surface area contributed by atoms with Gasteiger partial charge in [-0.15, -0.1) is 13.2 Å². The number of hydrogen-bond acceptors (Lipinski definition) is 2. The lowest BCUT2D eigenvalue weighted by molar-refractivity contribution is -0.276. The van der Waals surface area contributed by atoms with Crippen LogP contribution in [0.25, 0.3) is 0 Å². The topological polar surface area (TPSA) is 22.1 Å². The number of aryl methyl sites for hydroxylation is 1. The van der Waals surface area contributed by atoms with Crippen molar-refractivity contribution in [1.29, 1.82) is 0 Å². The first-order valence-electron chi connectivity index (χ1n) is 3.81. The van der Waals surface area contributed by atoms with Crippen molar-refractivity contribution in [2.75, 3.05) is 0 Å². The molecular formula is C8H6BrF3INO. The molecule has 84 valence electrons. The average Bonchev–Trinajstić information content (AvgIpc) is 2.10. The van der Waals surface area contributed by atoms with E-state index in [0.29, 0.717) is 5.56 Å². The summed E-state index contributed by atoms with van der Waals surface area (Å²) >= 11 is 5.07. The van der Waals surface area contributed by atoms with Crippen molar-refractivity contribution in [3.8, 4) is 5.88 Å². The highest BCUT2D eigenvalue weighted by molar-refractivity contribution is 14.1. The van der Waals surface area contributed by atoms with Gasteiger partial charge in [0, 0.05) is 20.7 Å². The third-order valence-corrected chi connectivity index (χ3v) is 3.65. The lowest BCUT2D eigenvalue weighted by atomic mass is 10.2. The van der Waals surface area contributed by atoms with Crippen LogP contribution in [-0.4, -0.2) is 11.3 Å². The standard InChI is InChI=1S/C8H6BrF3INO/c1-4-3-14-7(15-8(10,11)12)5(2-9)6(4)13/h3H,2H2,1H3. The Kier molecular flexibility index (Phi) is 4.21. The lowest BCUT2D eigenvalue weighted by Crippen LogP contribution is -2.19. The molecule has 7 heteroatoms. The molecule has 0 saturated carbocycles. The van der Waals surface area contributed by atoms with E-state index in [2.05, 4.69) is 25.7 Å². The highest BCUT2D eigenvalue weighted by Crippen LogP contribution is 2.30. The molecule has 1 heterocycles. The Morgan fingerprint density at radius 1 is 1.53 bits per heavy atom. The van der Waals surface area contributed by atoms with E-state index in [4.69, 9.17) is 0 Å². The van der Waals surface area contributed by atoms with E-state index >= 15 is 0 Å². The van der Waals surface area contributed by atoms with Crippen LogP contribution in [0, 0.1) is 10.5 Å². The van der Waals surface area contributed by atoms with E-state index in [1.165, 1.54) is 6.20 Å². The maximum atomic E-state index is 12.0. The lowest BCUT2D eigenvalue weighted by Gasteiger charge is -2.13. The van der Waals surface area contributed by atoms with Crippen LogP contribution in [-0.2, 0) is 5.33 Å². The number of pyridine rings is 1. The number of hydrogen-bond donors (Lipinski definition) is 0. The van der Waals surface area contributed by atoms with Crippen molar-refractivity contribution in [2.45, 2.75) is 18.6 Å². The Morgan fingerprint density at radius 3 is 2.60 bits per heavy atom. The molecule has 0 amide bonds. The second-order valence-electron chi connectivity index (χ2n) is 2.72. The Balaban J connectivity index is 3.14. The van der Waals surface area contributed by atoms with Crippen molar-refractivity contribution in [1.82, 2.24) is 4.98 Å². The van der Waals surface area contributed by atoms with E-state index in [1.54, 1.807) is 6.92 Å². The molecule has 0 N–H and O–H groups in total. The average molecular weight is 396 g/mol. The first kappa shape index (κ1) is 13.0. The van der Waals surface area contributed by atoms with Crippen LogP contribution < -0.4 is 4.74 Å². The van der Waals surface area contributed by atoms with Gasteiger partial charge in [-0.3, -0.25) is 0 Å². The molecule has 1 aromatic heterocycles. The highest BCUT2D eigenvalue weighted by atomic mass is 127. The highest BCUT2D eigenvalue weighted by Gasteiger charge is 2.33. The Bertz CT molecular complexity index is 370. The van der Waals surface area contributed by atoms with Crippen molar-refractivity contribution in [2.24, 2.45) is 0 Å². The van der Waals surface area contributed by atoms with Crippen LogP contribution in [0.2, 0.25) is 0 Å². The van der Waals surface area contributed by atoms with Gasteiger partial charge in [0.2, 0.25) is 5.88 Å². The molecule has 0 unspecified atom stereocenters. The molecule has 0 aliphatic heterocycles. The zero-order valence-electron chi connectivity index (χ0n) is 7.53. The Hall–Kier alpha value is -0.0500. The van der Waals surface area contributed by atoms with Gasteiger partial charge in [0.05, 0.1) is 0 Å².